The molecule has 128 valence electrons. The smallest absolute Gasteiger partial charge is 0.264 e. The molecule has 0 saturated carbocycles. The maximum absolute atomic E-state index is 13.1. The van der Waals surface area contributed by atoms with E-state index in [0.717, 1.165) is 14.3 Å². The molecule has 0 fully saturated rings. The maximum atomic E-state index is 13.1. The summed E-state index contributed by atoms with van der Waals surface area (Å²) in [6.45, 7) is 3.52. The fourth-order valence-electron chi connectivity index (χ4n) is 2.38. The molecule has 0 aromatic heterocycles. The lowest BCUT2D eigenvalue weighted by Crippen LogP contribution is -2.39. The van der Waals surface area contributed by atoms with E-state index in [2.05, 4.69) is 15.9 Å². The zero-order valence-corrected chi connectivity index (χ0v) is 15.8. The molecule has 0 saturated heterocycles. The molecule has 0 unspecified atom stereocenters. The number of rotatable bonds is 6. The standard InChI is InChI=1S/C17H19BrN2O3S/c1-12(2)15-5-3-4-6-16(15)20(11-17(19)21)24(22,23)14-9-7-13(18)8-10-14/h3-10,12H,11H2,1-2H3,(H2,19,21). The van der Waals surface area contributed by atoms with Crippen molar-refractivity contribution in [2.75, 3.05) is 10.8 Å². The molecule has 0 aliphatic heterocycles. The minimum Gasteiger partial charge on any atom is -0.368 e. The highest BCUT2D eigenvalue weighted by atomic mass is 79.9. The number of carbonyl (C=O) groups is 1. The van der Waals surface area contributed by atoms with E-state index in [9.17, 15) is 13.2 Å². The molecular weight excluding hydrogens is 392 g/mol. The fraction of sp³-hybridized carbons (Fsp3) is 0.235. The third-order valence-corrected chi connectivity index (χ3v) is 5.83. The first-order valence-corrected chi connectivity index (χ1v) is 9.62. The van der Waals surface area contributed by atoms with Gasteiger partial charge in [0, 0.05) is 4.47 Å². The Morgan fingerprint density at radius 1 is 1.12 bits per heavy atom. The molecule has 0 aliphatic carbocycles. The molecule has 2 N–H and O–H groups in total. The molecule has 0 radical (unpaired) electrons. The number of para-hydroxylation sites is 1. The number of primary amides is 1. The second kappa shape index (κ2) is 7.36. The SMILES string of the molecule is CC(C)c1ccccc1N(CC(N)=O)S(=O)(=O)c1ccc(Br)cc1. The van der Waals surface area contributed by atoms with Crippen molar-refractivity contribution in [1.29, 1.82) is 0 Å². The molecule has 2 aromatic carbocycles. The number of halogens is 1. The Bertz CT molecular complexity index is 833. The number of sulfonamides is 1. The lowest BCUT2D eigenvalue weighted by atomic mass is 10.0. The Hall–Kier alpha value is -1.86. The summed E-state index contributed by atoms with van der Waals surface area (Å²) in [4.78, 5) is 11.6. The van der Waals surface area contributed by atoms with Crippen molar-refractivity contribution in [1.82, 2.24) is 0 Å². The Morgan fingerprint density at radius 3 is 2.25 bits per heavy atom. The Kier molecular flexibility index (Phi) is 5.66. The van der Waals surface area contributed by atoms with Crippen LogP contribution >= 0.6 is 15.9 Å². The van der Waals surface area contributed by atoms with Gasteiger partial charge in [0.1, 0.15) is 6.54 Å². The van der Waals surface area contributed by atoms with Crippen molar-refractivity contribution >= 4 is 37.5 Å². The van der Waals surface area contributed by atoms with Crippen LogP contribution in [0.15, 0.2) is 57.9 Å². The van der Waals surface area contributed by atoms with Gasteiger partial charge in [-0.15, -0.1) is 0 Å². The molecule has 24 heavy (non-hydrogen) atoms. The molecule has 5 nitrogen and oxygen atoms in total. The largest absolute Gasteiger partial charge is 0.368 e. The highest BCUT2D eigenvalue weighted by Crippen LogP contribution is 2.31. The lowest BCUT2D eigenvalue weighted by Gasteiger charge is -2.26. The third kappa shape index (κ3) is 3.96. The molecule has 0 heterocycles. The van der Waals surface area contributed by atoms with E-state index >= 15 is 0 Å². The molecule has 0 spiro atoms. The van der Waals surface area contributed by atoms with Gasteiger partial charge in [0.15, 0.2) is 0 Å². The van der Waals surface area contributed by atoms with Crippen LogP contribution in [0.3, 0.4) is 0 Å². The van der Waals surface area contributed by atoms with Gasteiger partial charge in [-0.3, -0.25) is 9.10 Å². The molecule has 0 atom stereocenters. The Labute approximate surface area is 150 Å². The normalized spacial score (nSPS) is 11.5. The van der Waals surface area contributed by atoms with Crippen LogP contribution in [0.4, 0.5) is 5.69 Å². The van der Waals surface area contributed by atoms with Gasteiger partial charge in [0.25, 0.3) is 10.0 Å². The predicted octanol–water partition coefficient (Wildman–Crippen LogP) is 3.25. The Morgan fingerprint density at radius 2 is 1.71 bits per heavy atom. The minimum absolute atomic E-state index is 0.0942. The van der Waals surface area contributed by atoms with Crippen molar-refractivity contribution in [3.8, 4) is 0 Å². The van der Waals surface area contributed by atoms with Gasteiger partial charge >= 0.3 is 0 Å². The van der Waals surface area contributed by atoms with Gasteiger partial charge in [0.05, 0.1) is 10.6 Å². The summed E-state index contributed by atoms with van der Waals surface area (Å²) >= 11 is 3.28. The van der Waals surface area contributed by atoms with Gasteiger partial charge in [-0.05, 0) is 41.8 Å². The molecule has 0 bridgehead atoms. The van der Waals surface area contributed by atoms with Gasteiger partial charge in [-0.25, -0.2) is 8.42 Å². The number of amides is 1. The van der Waals surface area contributed by atoms with E-state index in [-0.39, 0.29) is 10.8 Å². The molecule has 2 rings (SSSR count). The van der Waals surface area contributed by atoms with Crippen molar-refractivity contribution in [2.45, 2.75) is 24.7 Å². The number of nitrogens with two attached hydrogens (primary N) is 1. The summed E-state index contributed by atoms with van der Waals surface area (Å²) in [7, 11) is -3.91. The van der Waals surface area contributed by atoms with Crippen LogP contribution in [-0.4, -0.2) is 20.9 Å². The van der Waals surface area contributed by atoms with E-state index in [0.29, 0.717) is 5.69 Å². The predicted molar refractivity (Wildman–Crippen MR) is 98.4 cm³/mol. The monoisotopic (exact) mass is 410 g/mol. The Balaban J connectivity index is 2.61. The highest BCUT2D eigenvalue weighted by Gasteiger charge is 2.28. The van der Waals surface area contributed by atoms with Crippen LogP contribution in [-0.2, 0) is 14.8 Å². The summed E-state index contributed by atoms with van der Waals surface area (Å²) in [5.74, 6) is -0.619. The third-order valence-electron chi connectivity index (χ3n) is 3.53. The van der Waals surface area contributed by atoms with Crippen LogP contribution in [0.1, 0.15) is 25.3 Å². The summed E-state index contributed by atoms with van der Waals surface area (Å²) in [6, 6.07) is 13.4. The van der Waals surface area contributed by atoms with Gasteiger partial charge < -0.3 is 5.73 Å². The molecular formula is C17H19BrN2O3S. The van der Waals surface area contributed by atoms with Crippen molar-refractivity contribution in [3.63, 3.8) is 0 Å². The van der Waals surface area contributed by atoms with E-state index in [1.165, 1.54) is 12.1 Å². The van der Waals surface area contributed by atoms with Crippen LogP contribution in [0, 0.1) is 0 Å². The zero-order chi connectivity index (χ0) is 17.9. The van der Waals surface area contributed by atoms with E-state index in [1.807, 2.05) is 26.0 Å². The van der Waals surface area contributed by atoms with Crippen molar-refractivity contribution in [2.24, 2.45) is 5.73 Å². The number of anilines is 1. The minimum atomic E-state index is -3.91. The van der Waals surface area contributed by atoms with E-state index in [4.69, 9.17) is 5.73 Å². The first-order chi connectivity index (χ1) is 11.2. The molecule has 2 aromatic rings. The van der Waals surface area contributed by atoms with Crippen LogP contribution in [0.5, 0.6) is 0 Å². The summed E-state index contributed by atoms with van der Waals surface area (Å²) < 4.78 is 28.0. The quantitative estimate of drug-likeness (QED) is 0.793. The molecule has 1 amide bonds. The van der Waals surface area contributed by atoms with Crippen LogP contribution < -0.4 is 10.0 Å². The topological polar surface area (TPSA) is 80.5 Å². The van der Waals surface area contributed by atoms with Gasteiger partial charge in [0.2, 0.25) is 5.91 Å². The number of benzene rings is 2. The molecule has 7 heteroatoms. The van der Waals surface area contributed by atoms with E-state index in [1.54, 1.807) is 24.3 Å². The number of nitrogens with zero attached hydrogens (tertiary/aromatic N) is 1. The zero-order valence-electron chi connectivity index (χ0n) is 13.4. The van der Waals surface area contributed by atoms with Crippen LogP contribution in [0.2, 0.25) is 0 Å². The van der Waals surface area contributed by atoms with Crippen molar-refractivity contribution in [3.05, 3.63) is 58.6 Å². The lowest BCUT2D eigenvalue weighted by molar-refractivity contribution is -0.116. The number of hydrogen-bond donors (Lipinski definition) is 1. The van der Waals surface area contributed by atoms with Crippen LogP contribution in [0.25, 0.3) is 0 Å². The first-order valence-electron chi connectivity index (χ1n) is 7.39. The fourth-order valence-corrected chi connectivity index (χ4v) is 4.10. The van der Waals surface area contributed by atoms with Gasteiger partial charge in [-0.2, -0.15) is 0 Å². The molecule has 0 aliphatic rings. The van der Waals surface area contributed by atoms with Crippen molar-refractivity contribution < 1.29 is 13.2 Å². The number of hydrogen-bond acceptors (Lipinski definition) is 3. The summed E-state index contributed by atoms with van der Waals surface area (Å²) in [5, 5.41) is 0. The number of carbonyl (C=O) groups excluding carboxylic acids is 1. The van der Waals surface area contributed by atoms with E-state index < -0.39 is 22.5 Å². The summed E-state index contributed by atoms with van der Waals surface area (Å²) in [6.07, 6.45) is 0. The second-order valence-corrected chi connectivity index (χ2v) is 8.42. The van der Waals surface area contributed by atoms with Gasteiger partial charge in [-0.1, -0.05) is 48.0 Å². The summed E-state index contributed by atoms with van der Waals surface area (Å²) in [5.41, 5.74) is 6.60. The maximum Gasteiger partial charge on any atom is 0.264 e. The first kappa shape index (κ1) is 18.5. The second-order valence-electron chi connectivity index (χ2n) is 5.65. The highest BCUT2D eigenvalue weighted by molar-refractivity contribution is 9.10. The average molecular weight is 411 g/mol. The average Bonchev–Trinajstić information content (AvgIpc) is 2.52.